The molecule has 0 aliphatic carbocycles. The number of hydrogen-bond donors (Lipinski definition) is 0. The average molecular weight is 381 g/mol. The Bertz CT molecular complexity index is 698. The second-order valence-electron chi connectivity index (χ2n) is 7.29. The van der Waals surface area contributed by atoms with Crippen LogP contribution in [0.5, 0.6) is 0 Å². The van der Waals surface area contributed by atoms with Crippen molar-refractivity contribution in [2.45, 2.75) is 45.1 Å². The highest BCUT2D eigenvalue weighted by Crippen LogP contribution is 2.26. The van der Waals surface area contributed by atoms with E-state index in [9.17, 15) is 13.2 Å². The molecule has 2 saturated heterocycles. The fourth-order valence-electron chi connectivity index (χ4n) is 3.72. The minimum absolute atomic E-state index is 0.0438. The van der Waals surface area contributed by atoms with Crippen molar-refractivity contribution >= 4 is 16.3 Å². The fourth-order valence-corrected chi connectivity index (χ4v) is 4.83. The summed E-state index contributed by atoms with van der Waals surface area (Å²) in [5, 5.41) is 0. The van der Waals surface area contributed by atoms with Gasteiger partial charge in [0.1, 0.15) is 0 Å². The average Bonchev–Trinajstić information content (AvgIpc) is 2.63. The summed E-state index contributed by atoms with van der Waals surface area (Å²) in [5.74, 6) is -0.591. The summed E-state index contributed by atoms with van der Waals surface area (Å²) in [6, 6.07) is 10.2. The number of rotatable bonds is 5. The Morgan fingerprint density at radius 3 is 2.54 bits per heavy atom. The van der Waals surface area contributed by atoms with Crippen LogP contribution in [0.1, 0.15) is 38.2 Å². The number of piperidine rings is 1. The fraction of sp³-hybridized carbons (Fsp3) is 0.632. The molecule has 0 aromatic heterocycles. The summed E-state index contributed by atoms with van der Waals surface area (Å²) < 4.78 is 36.5. The SMILES string of the molecule is CC1CC(C(=O)OS(=O)(=O)N2CCC(Cc3ccccc3)CC2)CCO1. The quantitative estimate of drug-likeness (QED) is 0.784. The van der Waals surface area contributed by atoms with E-state index in [-0.39, 0.29) is 6.10 Å². The molecule has 3 rings (SSSR count). The van der Waals surface area contributed by atoms with E-state index in [0.29, 0.717) is 38.5 Å². The van der Waals surface area contributed by atoms with Gasteiger partial charge >= 0.3 is 16.3 Å². The van der Waals surface area contributed by atoms with E-state index in [1.54, 1.807) is 0 Å². The molecule has 1 aromatic carbocycles. The molecule has 0 bridgehead atoms. The van der Waals surface area contributed by atoms with Gasteiger partial charge in [0.2, 0.25) is 0 Å². The van der Waals surface area contributed by atoms with Crippen LogP contribution >= 0.6 is 0 Å². The smallest absolute Gasteiger partial charge is 0.378 e. The minimum atomic E-state index is -4.00. The summed E-state index contributed by atoms with van der Waals surface area (Å²) in [4.78, 5) is 12.2. The van der Waals surface area contributed by atoms with Gasteiger partial charge in [0.25, 0.3) is 0 Å². The van der Waals surface area contributed by atoms with E-state index in [4.69, 9.17) is 8.92 Å². The van der Waals surface area contributed by atoms with Crippen molar-refractivity contribution < 1.29 is 22.1 Å². The number of hydrogen-bond acceptors (Lipinski definition) is 5. The van der Waals surface area contributed by atoms with Crippen molar-refractivity contribution in [2.75, 3.05) is 19.7 Å². The molecule has 2 fully saturated rings. The Labute approximate surface area is 155 Å². The van der Waals surface area contributed by atoms with E-state index in [0.717, 1.165) is 19.3 Å². The predicted octanol–water partition coefficient (Wildman–Crippen LogP) is 2.54. The van der Waals surface area contributed by atoms with Crippen LogP contribution in [0.2, 0.25) is 0 Å². The second-order valence-corrected chi connectivity index (χ2v) is 8.83. The molecule has 7 heteroatoms. The summed E-state index contributed by atoms with van der Waals surface area (Å²) in [6.45, 7) is 3.14. The van der Waals surface area contributed by atoms with Crippen LogP contribution < -0.4 is 0 Å². The summed E-state index contributed by atoms with van der Waals surface area (Å²) >= 11 is 0. The molecule has 26 heavy (non-hydrogen) atoms. The standard InChI is InChI=1S/C19H27NO5S/c1-15-13-18(9-12-24-15)19(21)25-26(22,23)20-10-7-17(8-11-20)14-16-5-3-2-4-6-16/h2-6,15,17-18H,7-14H2,1H3. The summed E-state index contributed by atoms with van der Waals surface area (Å²) in [6.07, 6.45) is 3.48. The predicted molar refractivity (Wildman–Crippen MR) is 97.6 cm³/mol. The number of ether oxygens (including phenoxy) is 1. The number of benzene rings is 1. The monoisotopic (exact) mass is 381 g/mol. The molecule has 2 unspecified atom stereocenters. The highest BCUT2D eigenvalue weighted by Gasteiger charge is 2.35. The third-order valence-corrected chi connectivity index (χ3v) is 6.64. The zero-order chi connectivity index (χ0) is 18.6. The van der Waals surface area contributed by atoms with Crippen LogP contribution in [-0.2, 0) is 30.4 Å². The first-order chi connectivity index (χ1) is 12.4. The summed E-state index contributed by atoms with van der Waals surface area (Å²) in [5.41, 5.74) is 1.27. The van der Waals surface area contributed by atoms with Crippen molar-refractivity contribution in [3.8, 4) is 0 Å². The highest BCUT2D eigenvalue weighted by atomic mass is 32.2. The van der Waals surface area contributed by atoms with E-state index in [1.807, 2.05) is 25.1 Å². The molecular weight excluding hydrogens is 354 g/mol. The third kappa shape index (κ3) is 5.05. The molecule has 0 N–H and O–H groups in total. The van der Waals surface area contributed by atoms with Crippen LogP contribution in [-0.4, -0.2) is 44.5 Å². The first-order valence-corrected chi connectivity index (χ1v) is 10.7. The lowest BCUT2D eigenvalue weighted by Gasteiger charge is -2.31. The van der Waals surface area contributed by atoms with Crippen LogP contribution in [0, 0.1) is 11.8 Å². The van der Waals surface area contributed by atoms with Crippen molar-refractivity contribution in [1.82, 2.24) is 4.31 Å². The molecule has 6 nitrogen and oxygen atoms in total. The Balaban J connectivity index is 1.50. The molecule has 0 amide bonds. The second kappa shape index (κ2) is 8.50. The lowest BCUT2D eigenvalue weighted by atomic mass is 9.91. The summed E-state index contributed by atoms with van der Waals surface area (Å²) in [7, 11) is -4.00. The van der Waals surface area contributed by atoms with Crippen molar-refractivity contribution in [3.63, 3.8) is 0 Å². The maximum Gasteiger partial charge on any atom is 0.387 e. The van der Waals surface area contributed by atoms with Crippen LogP contribution in [0.25, 0.3) is 0 Å². The zero-order valence-electron chi connectivity index (χ0n) is 15.2. The van der Waals surface area contributed by atoms with E-state index < -0.39 is 22.2 Å². The van der Waals surface area contributed by atoms with Gasteiger partial charge in [-0.05, 0) is 50.5 Å². The molecule has 1 aromatic rings. The van der Waals surface area contributed by atoms with Gasteiger partial charge in [0.05, 0.1) is 12.0 Å². The van der Waals surface area contributed by atoms with Crippen LogP contribution in [0.15, 0.2) is 30.3 Å². The van der Waals surface area contributed by atoms with Crippen molar-refractivity contribution in [1.29, 1.82) is 0 Å². The minimum Gasteiger partial charge on any atom is -0.378 e. The number of carbonyl (C=O) groups excluding carboxylic acids is 1. The van der Waals surface area contributed by atoms with E-state index >= 15 is 0 Å². The van der Waals surface area contributed by atoms with Gasteiger partial charge < -0.3 is 8.92 Å². The van der Waals surface area contributed by atoms with Gasteiger partial charge in [-0.25, -0.2) is 0 Å². The van der Waals surface area contributed by atoms with Gasteiger partial charge in [-0.3, -0.25) is 4.79 Å². The van der Waals surface area contributed by atoms with Crippen LogP contribution in [0.4, 0.5) is 0 Å². The third-order valence-electron chi connectivity index (χ3n) is 5.26. The molecule has 0 saturated carbocycles. The lowest BCUT2D eigenvalue weighted by molar-refractivity contribution is -0.143. The van der Waals surface area contributed by atoms with Gasteiger partial charge in [-0.15, -0.1) is 0 Å². The van der Waals surface area contributed by atoms with Crippen molar-refractivity contribution in [2.24, 2.45) is 11.8 Å². The maximum absolute atomic E-state index is 12.4. The Morgan fingerprint density at radius 1 is 1.19 bits per heavy atom. The topological polar surface area (TPSA) is 72.9 Å². The first-order valence-electron chi connectivity index (χ1n) is 9.33. The van der Waals surface area contributed by atoms with E-state index in [2.05, 4.69) is 12.1 Å². The molecule has 0 spiro atoms. The van der Waals surface area contributed by atoms with Gasteiger partial charge in [0.15, 0.2) is 0 Å². The normalized spacial score (nSPS) is 25.7. The van der Waals surface area contributed by atoms with Gasteiger partial charge in [-0.1, -0.05) is 30.3 Å². The van der Waals surface area contributed by atoms with Gasteiger partial charge in [0, 0.05) is 19.7 Å². The molecule has 0 radical (unpaired) electrons. The van der Waals surface area contributed by atoms with Crippen LogP contribution in [0.3, 0.4) is 0 Å². The Morgan fingerprint density at radius 2 is 1.88 bits per heavy atom. The van der Waals surface area contributed by atoms with Crippen molar-refractivity contribution in [3.05, 3.63) is 35.9 Å². The zero-order valence-corrected chi connectivity index (χ0v) is 16.0. The largest absolute Gasteiger partial charge is 0.387 e. The molecule has 144 valence electrons. The number of carbonyl (C=O) groups is 1. The molecule has 2 aliphatic rings. The first kappa shape index (κ1) is 19.3. The molecule has 2 atom stereocenters. The van der Waals surface area contributed by atoms with Gasteiger partial charge in [-0.2, -0.15) is 12.7 Å². The molecule has 2 heterocycles. The molecular formula is C19H27NO5S. The highest BCUT2D eigenvalue weighted by molar-refractivity contribution is 7.84. The van der Waals surface area contributed by atoms with E-state index in [1.165, 1.54) is 9.87 Å². The number of nitrogens with zero attached hydrogens (tertiary/aromatic N) is 1. The maximum atomic E-state index is 12.4. The Kier molecular flexibility index (Phi) is 6.32. The molecule has 2 aliphatic heterocycles. The lowest BCUT2D eigenvalue weighted by Crippen LogP contribution is -2.42. The Hall–Kier alpha value is -1.44.